The average molecular weight is 354 g/mol. The molecular weight excluding hydrogens is 331 g/mol. The Bertz CT molecular complexity index is 853. The molecule has 26 heavy (non-hydrogen) atoms. The normalized spacial score (nSPS) is 20.3. The number of fused-ring (bicyclic) bond motifs is 3. The molecule has 1 aromatic heterocycles. The summed E-state index contributed by atoms with van der Waals surface area (Å²) < 4.78 is 14.1. The zero-order valence-electron chi connectivity index (χ0n) is 15.3. The van der Waals surface area contributed by atoms with E-state index < -0.39 is 0 Å². The van der Waals surface area contributed by atoms with Crippen LogP contribution in [0.5, 0.6) is 0 Å². The van der Waals surface area contributed by atoms with Crippen molar-refractivity contribution in [2.75, 3.05) is 36.5 Å². The molecule has 1 aromatic carbocycles. The number of likely N-dealkylation sites (N-methyl/N-ethyl adjacent to an activating group) is 1. The van der Waals surface area contributed by atoms with Gasteiger partial charge in [0.15, 0.2) is 5.82 Å². The Hall–Kier alpha value is -2.47. The van der Waals surface area contributed by atoms with E-state index in [9.17, 15) is 9.18 Å². The van der Waals surface area contributed by atoms with Gasteiger partial charge in [0.1, 0.15) is 11.9 Å². The van der Waals surface area contributed by atoms with Crippen LogP contribution < -0.4 is 9.80 Å². The fourth-order valence-electron chi connectivity index (χ4n) is 3.84. The van der Waals surface area contributed by atoms with Crippen molar-refractivity contribution in [3.05, 3.63) is 42.3 Å². The summed E-state index contributed by atoms with van der Waals surface area (Å²) in [5.41, 5.74) is 1.92. The van der Waals surface area contributed by atoms with Crippen molar-refractivity contribution in [3.8, 4) is 11.1 Å². The highest BCUT2D eigenvalue weighted by Crippen LogP contribution is 2.38. The number of carbonyl (C=O) groups is 1. The molecule has 0 saturated carbocycles. The standard InChI is InChI=1S/C20H23FN4O/c1-13(2)24-8-9-25-18(12-24)20(26)23(3)17-10-14(11-22-19(17)25)15-6-4-5-7-16(15)21/h4-7,10-11,13,18H,8-9,12H2,1-3H3. The van der Waals surface area contributed by atoms with E-state index in [1.807, 2.05) is 6.07 Å². The Kier molecular flexibility index (Phi) is 4.15. The lowest BCUT2D eigenvalue weighted by Crippen LogP contribution is -2.63. The van der Waals surface area contributed by atoms with Crippen LogP contribution in [0.1, 0.15) is 13.8 Å². The molecule has 0 radical (unpaired) electrons. The molecule has 1 amide bonds. The zero-order chi connectivity index (χ0) is 18.4. The monoisotopic (exact) mass is 354 g/mol. The summed E-state index contributed by atoms with van der Waals surface area (Å²) in [5.74, 6) is 0.582. The maximum atomic E-state index is 14.1. The van der Waals surface area contributed by atoms with Crippen LogP contribution in [0.3, 0.4) is 0 Å². The first-order valence-electron chi connectivity index (χ1n) is 9.00. The maximum Gasteiger partial charge on any atom is 0.250 e. The Morgan fingerprint density at radius 3 is 2.73 bits per heavy atom. The molecule has 2 aliphatic rings. The van der Waals surface area contributed by atoms with E-state index in [0.717, 1.165) is 24.6 Å². The van der Waals surface area contributed by atoms with Gasteiger partial charge in [0.05, 0.1) is 5.69 Å². The van der Waals surface area contributed by atoms with Crippen molar-refractivity contribution >= 4 is 17.4 Å². The molecule has 5 nitrogen and oxygen atoms in total. The highest BCUT2D eigenvalue weighted by molar-refractivity contribution is 6.05. The molecule has 3 heterocycles. The van der Waals surface area contributed by atoms with Gasteiger partial charge in [-0.3, -0.25) is 9.69 Å². The minimum atomic E-state index is -0.289. The number of rotatable bonds is 2. The zero-order valence-corrected chi connectivity index (χ0v) is 15.3. The number of piperazine rings is 1. The van der Waals surface area contributed by atoms with E-state index in [0.29, 0.717) is 23.7 Å². The van der Waals surface area contributed by atoms with Crippen molar-refractivity contribution in [2.24, 2.45) is 0 Å². The van der Waals surface area contributed by atoms with Crippen LogP contribution in [0, 0.1) is 5.82 Å². The predicted octanol–water partition coefficient (Wildman–Crippen LogP) is 2.76. The Balaban J connectivity index is 1.74. The number of anilines is 2. The topological polar surface area (TPSA) is 39.7 Å². The minimum absolute atomic E-state index is 0.0651. The number of benzene rings is 1. The van der Waals surface area contributed by atoms with Gasteiger partial charge in [-0.25, -0.2) is 9.37 Å². The molecule has 0 N–H and O–H groups in total. The van der Waals surface area contributed by atoms with Gasteiger partial charge >= 0.3 is 0 Å². The fourth-order valence-corrected chi connectivity index (χ4v) is 3.84. The molecule has 0 bridgehead atoms. The van der Waals surface area contributed by atoms with E-state index >= 15 is 0 Å². The molecular formula is C20H23FN4O. The second kappa shape index (κ2) is 6.36. The van der Waals surface area contributed by atoms with Gasteiger partial charge in [-0.1, -0.05) is 18.2 Å². The number of nitrogens with zero attached hydrogens (tertiary/aromatic N) is 4. The van der Waals surface area contributed by atoms with Gasteiger partial charge in [0, 0.05) is 50.0 Å². The Labute approximate surface area is 153 Å². The molecule has 4 rings (SSSR count). The number of hydrogen-bond donors (Lipinski definition) is 0. The predicted molar refractivity (Wildman–Crippen MR) is 101 cm³/mol. The number of hydrogen-bond acceptors (Lipinski definition) is 4. The van der Waals surface area contributed by atoms with E-state index in [1.54, 1.807) is 36.3 Å². The first-order chi connectivity index (χ1) is 12.5. The van der Waals surface area contributed by atoms with Crippen LogP contribution in [-0.4, -0.2) is 54.6 Å². The van der Waals surface area contributed by atoms with E-state index in [2.05, 4.69) is 28.6 Å². The Morgan fingerprint density at radius 2 is 2.00 bits per heavy atom. The molecule has 1 unspecified atom stereocenters. The van der Waals surface area contributed by atoms with E-state index in [1.165, 1.54) is 6.07 Å². The third kappa shape index (κ3) is 2.65. The van der Waals surface area contributed by atoms with Gasteiger partial charge in [-0.15, -0.1) is 0 Å². The number of halogens is 1. The Morgan fingerprint density at radius 1 is 1.23 bits per heavy atom. The molecule has 1 fully saturated rings. The first-order valence-corrected chi connectivity index (χ1v) is 9.00. The van der Waals surface area contributed by atoms with Crippen molar-refractivity contribution in [3.63, 3.8) is 0 Å². The third-order valence-electron chi connectivity index (χ3n) is 5.42. The number of aromatic nitrogens is 1. The highest BCUT2D eigenvalue weighted by Gasteiger charge is 2.41. The van der Waals surface area contributed by atoms with Gasteiger partial charge in [-0.05, 0) is 26.0 Å². The molecule has 2 aliphatic heterocycles. The largest absolute Gasteiger partial charge is 0.340 e. The van der Waals surface area contributed by atoms with E-state index in [4.69, 9.17) is 0 Å². The molecule has 1 saturated heterocycles. The number of amides is 1. The van der Waals surface area contributed by atoms with Gasteiger partial charge in [0.2, 0.25) is 0 Å². The third-order valence-corrected chi connectivity index (χ3v) is 5.42. The molecule has 6 heteroatoms. The summed E-state index contributed by atoms with van der Waals surface area (Å²) in [6.45, 7) is 6.68. The summed E-state index contributed by atoms with van der Waals surface area (Å²) in [7, 11) is 1.78. The highest BCUT2D eigenvalue weighted by atomic mass is 19.1. The lowest BCUT2D eigenvalue weighted by atomic mass is 10.0. The molecule has 2 aromatic rings. The summed E-state index contributed by atoms with van der Waals surface area (Å²) in [6, 6.07) is 8.69. The summed E-state index contributed by atoms with van der Waals surface area (Å²) in [5, 5.41) is 0. The van der Waals surface area contributed by atoms with Crippen LogP contribution in [0.4, 0.5) is 15.9 Å². The maximum absolute atomic E-state index is 14.1. The molecule has 136 valence electrons. The van der Waals surface area contributed by atoms with Gasteiger partial charge in [-0.2, -0.15) is 0 Å². The molecule has 0 aliphatic carbocycles. The first kappa shape index (κ1) is 17.0. The van der Waals surface area contributed by atoms with Crippen LogP contribution >= 0.6 is 0 Å². The molecule has 0 spiro atoms. The average Bonchev–Trinajstić information content (AvgIpc) is 2.65. The van der Waals surface area contributed by atoms with Crippen molar-refractivity contribution in [2.45, 2.75) is 25.9 Å². The number of pyridine rings is 1. The van der Waals surface area contributed by atoms with Gasteiger partial charge in [0.25, 0.3) is 5.91 Å². The smallest absolute Gasteiger partial charge is 0.250 e. The second-order valence-electron chi connectivity index (χ2n) is 7.24. The van der Waals surface area contributed by atoms with Crippen molar-refractivity contribution < 1.29 is 9.18 Å². The second-order valence-corrected chi connectivity index (χ2v) is 7.24. The molecule has 1 atom stereocenters. The summed E-state index contributed by atoms with van der Waals surface area (Å²) in [4.78, 5) is 23.7. The minimum Gasteiger partial charge on any atom is -0.340 e. The van der Waals surface area contributed by atoms with Crippen LogP contribution in [-0.2, 0) is 4.79 Å². The summed E-state index contributed by atoms with van der Waals surface area (Å²) in [6.07, 6.45) is 1.70. The van der Waals surface area contributed by atoms with Crippen LogP contribution in [0.2, 0.25) is 0 Å². The quantitative estimate of drug-likeness (QED) is 0.831. The van der Waals surface area contributed by atoms with Crippen LogP contribution in [0.15, 0.2) is 36.5 Å². The summed E-state index contributed by atoms with van der Waals surface area (Å²) >= 11 is 0. The van der Waals surface area contributed by atoms with Crippen molar-refractivity contribution in [1.82, 2.24) is 9.88 Å². The SMILES string of the molecule is CC(C)N1CCN2c3ncc(-c4ccccc4F)cc3N(C)C(=O)C2C1. The lowest BCUT2D eigenvalue weighted by molar-refractivity contribution is -0.121. The fraction of sp³-hybridized carbons (Fsp3) is 0.400. The van der Waals surface area contributed by atoms with Gasteiger partial charge < -0.3 is 9.80 Å². The van der Waals surface area contributed by atoms with Crippen LogP contribution in [0.25, 0.3) is 11.1 Å². The van der Waals surface area contributed by atoms with Crippen molar-refractivity contribution in [1.29, 1.82) is 0 Å². The van der Waals surface area contributed by atoms with E-state index in [-0.39, 0.29) is 17.8 Å². The lowest BCUT2D eigenvalue weighted by Gasteiger charge is -2.47. The number of carbonyl (C=O) groups excluding carboxylic acids is 1.